The molecule has 0 bridgehead atoms. The van der Waals surface area contributed by atoms with Gasteiger partial charge in [-0.1, -0.05) is 0 Å². The van der Waals surface area contributed by atoms with Gasteiger partial charge in [-0.25, -0.2) is 4.79 Å². The van der Waals surface area contributed by atoms with Crippen LogP contribution in [0.1, 0.15) is 23.2 Å². The number of furan rings is 1. The number of primary amides is 1. The van der Waals surface area contributed by atoms with Crippen LogP contribution in [0.5, 0.6) is 0 Å². The van der Waals surface area contributed by atoms with Gasteiger partial charge in [0, 0.05) is 60.0 Å². The summed E-state index contributed by atoms with van der Waals surface area (Å²) >= 11 is 0. The summed E-state index contributed by atoms with van der Waals surface area (Å²) in [7, 11) is 1.84. The monoisotopic (exact) mass is 431 g/mol. The second-order valence-electron chi connectivity index (χ2n) is 7.87. The van der Waals surface area contributed by atoms with Crippen LogP contribution in [0.3, 0.4) is 0 Å². The van der Waals surface area contributed by atoms with Gasteiger partial charge >= 0.3 is 5.97 Å². The van der Waals surface area contributed by atoms with Crippen LogP contribution in [0.4, 0.5) is 5.69 Å². The molecule has 1 aliphatic rings. The lowest BCUT2D eigenvalue weighted by Gasteiger charge is -2.26. The molecule has 0 radical (unpaired) electrons. The van der Waals surface area contributed by atoms with Gasteiger partial charge in [0.05, 0.1) is 6.20 Å². The molecule has 1 saturated heterocycles. The number of hydrogen-bond acceptors (Lipinski definition) is 6. The van der Waals surface area contributed by atoms with Gasteiger partial charge in [-0.15, -0.1) is 0 Å². The molecule has 32 heavy (non-hydrogen) atoms. The van der Waals surface area contributed by atoms with E-state index in [4.69, 9.17) is 10.2 Å². The zero-order chi connectivity index (χ0) is 22.4. The van der Waals surface area contributed by atoms with Gasteiger partial charge in [0.1, 0.15) is 17.3 Å². The predicted molar refractivity (Wildman–Crippen MR) is 118 cm³/mol. The number of aryl methyl sites for hydroxylation is 1. The van der Waals surface area contributed by atoms with E-state index < -0.39 is 17.9 Å². The van der Waals surface area contributed by atoms with Crippen LogP contribution in [0, 0.1) is 0 Å². The first-order valence-corrected chi connectivity index (χ1v) is 10.2. The number of carboxylic acids is 1. The largest absolute Gasteiger partial charge is 0.480 e. The van der Waals surface area contributed by atoms with E-state index in [1.165, 1.54) is 0 Å². The third-order valence-electron chi connectivity index (χ3n) is 5.82. The summed E-state index contributed by atoms with van der Waals surface area (Å²) in [5.41, 5.74) is 10.1. The SMILES string of the molecule is Cn1cc(-c2ccnc3cc(-c4cc(C(N)=O)ccc4N4CCC[C@H]4C(=O)O)oc23)cn1. The highest BCUT2D eigenvalue weighted by Gasteiger charge is 2.33. The molecular formula is C23H21N5O4. The fraction of sp³-hybridized carbons (Fsp3) is 0.217. The summed E-state index contributed by atoms with van der Waals surface area (Å²) < 4.78 is 7.96. The lowest BCUT2D eigenvalue weighted by Crippen LogP contribution is -2.36. The normalized spacial score (nSPS) is 16.0. The fourth-order valence-electron chi connectivity index (χ4n) is 4.31. The average Bonchev–Trinajstić information content (AvgIpc) is 3.51. The third-order valence-corrected chi connectivity index (χ3v) is 5.82. The molecule has 9 nitrogen and oxygen atoms in total. The first-order valence-electron chi connectivity index (χ1n) is 10.2. The number of fused-ring (bicyclic) bond motifs is 1. The molecule has 1 aromatic carbocycles. The minimum atomic E-state index is -0.877. The number of rotatable bonds is 5. The number of benzene rings is 1. The van der Waals surface area contributed by atoms with Crippen LogP contribution in [-0.4, -0.2) is 44.3 Å². The standard InChI is InChI=1S/C23H21N5O4/c1-27-12-14(11-26-27)15-6-7-25-17-10-20(32-21(15)17)16-9-13(22(24)29)4-5-18(16)28-8-2-3-19(28)23(30)31/h4-7,9-12,19H,2-3,8H2,1H3,(H2,24,29)(H,30,31)/t19-/m0/s1. The summed E-state index contributed by atoms with van der Waals surface area (Å²) in [6.45, 7) is 0.597. The Morgan fingerprint density at radius 2 is 2.06 bits per heavy atom. The Hall–Kier alpha value is -4.14. The molecule has 3 N–H and O–H groups in total. The third kappa shape index (κ3) is 3.27. The molecule has 0 unspecified atom stereocenters. The maximum absolute atomic E-state index is 11.9. The van der Waals surface area contributed by atoms with E-state index in [-0.39, 0.29) is 0 Å². The van der Waals surface area contributed by atoms with Crippen LogP contribution >= 0.6 is 0 Å². The molecule has 0 aliphatic carbocycles. The van der Waals surface area contributed by atoms with Crippen molar-refractivity contribution in [1.82, 2.24) is 14.8 Å². The second-order valence-corrected chi connectivity index (χ2v) is 7.87. The molecule has 5 rings (SSSR count). The van der Waals surface area contributed by atoms with Gasteiger partial charge in [-0.3, -0.25) is 14.5 Å². The van der Waals surface area contributed by atoms with Crippen molar-refractivity contribution in [3.8, 4) is 22.5 Å². The number of nitrogens with zero attached hydrogens (tertiary/aromatic N) is 4. The molecule has 0 spiro atoms. The van der Waals surface area contributed by atoms with E-state index in [2.05, 4.69) is 10.1 Å². The average molecular weight is 431 g/mol. The maximum Gasteiger partial charge on any atom is 0.326 e. The summed E-state index contributed by atoms with van der Waals surface area (Å²) in [6.07, 6.45) is 6.65. The topological polar surface area (TPSA) is 127 Å². The van der Waals surface area contributed by atoms with E-state index in [1.807, 2.05) is 24.2 Å². The zero-order valence-electron chi connectivity index (χ0n) is 17.4. The van der Waals surface area contributed by atoms with Gasteiger partial charge in [-0.05, 0) is 37.1 Å². The first kappa shape index (κ1) is 19.8. The highest BCUT2D eigenvalue weighted by atomic mass is 16.4. The first-order chi connectivity index (χ1) is 15.4. The van der Waals surface area contributed by atoms with Gasteiger partial charge in [0.2, 0.25) is 5.91 Å². The molecule has 3 aromatic heterocycles. The minimum absolute atomic E-state index is 0.315. The number of nitrogens with two attached hydrogens (primary N) is 1. The van der Waals surface area contributed by atoms with Crippen LogP contribution in [0.15, 0.2) is 53.3 Å². The molecule has 9 heteroatoms. The van der Waals surface area contributed by atoms with E-state index in [9.17, 15) is 14.7 Å². The molecule has 1 fully saturated rings. The Kier molecular flexibility index (Phi) is 4.66. The second kappa shape index (κ2) is 7.52. The minimum Gasteiger partial charge on any atom is -0.480 e. The van der Waals surface area contributed by atoms with Gasteiger partial charge in [0.15, 0.2) is 5.58 Å². The Balaban J connectivity index is 1.69. The molecule has 162 valence electrons. The number of aromatic nitrogens is 3. The zero-order valence-corrected chi connectivity index (χ0v) is 17.4. The molecule has 4 aromatic rings. The number of carboxylic acid groups (broad SMARTS) is 1. The Morgan fingerprint density at radius 3 is 2.78 bits per heavy atom. The summed E-state index contributed by atoms with van der Waals surface area (Å²) in [4.78, 5) is 29.9. The van der Waals surface area contributed by atoms with Crippen molar-refractivity contribution in [2.75, 3.05) is 11.4 Å². The quantitative estimate of drug-likeness (QED) is 0.497. The molecule has 1 amide bonds. The Bertz CT molecular complexity index is 1360. The molecule has 0 saturated carbocycles. The van der Waals surface area contributed by atoms with Crippen molar-refractivity contribution in [2.24, 2.45) is 12.8 Å². The Morgan fingerprint density at radius 1 is 1.22 bits per heavy atom. The van der Waals surface area contributed by atoms with Crippen molar-refractivity contribution in [2.45, 2.75) is 18.9 Å². The molecular weight excluding hydrogens is 410 g/mol. The number of amides is 1. The number of carbonyl (C=O) groups excluding carboxylic acids is 1. The smallest absolute Gasteiger partial charge is 0.326 e. The number of pyridine rings is 1. The number of carbonyl (C=O) groups is 2. The number of anilines is 1. The summed E-state index contributed by atoms with van der Waals surface area (Å²) in [6, 6.07) is 8.01. The fourth-order valence-corrected chi connectivity index (χ4v) is 4.31. The van der Waals surface area contributed by atoms with Crippen molar-refractivity contribution in [1.29, 1.82) is 0 Å². The van der Waals surface area contributed by atoms with E-state index in [1.54, 1.807) is 41.3 Å². The van der Waals surface area contributed by atoms with Crippen LogP contribution in [-0.2, 0) is 11.8 Å². The predicted octanol–water partition coefficient (Wildman–Crippen LogP) is 3.05. The van der Waals surface area contributed by atoms with E-state index in [0.717, 1.165) is 17.5 Å². The summed E-state index contributed by atoms with van der Waals surface area (Å²) in [5.74, 6) is -0.963. The van der Waals surface area contributed by atoms with Crippen LogP contribution < -0.4 is 10.6 Å². The van der Waals surface area contributed by atoms with Crippen molar-refractivity contribution >= 4 is 28.7 Å². The highest BCUT2D eigenvalue weighted by Crippen LogP contribution is 2.40. The lowest BCUT2D eigenvalue weighted by atomic mass is 10.0. The maximum atomic E-state index is 11.9. The lowest BCUT2D eigenvalue weighted by molar-refractivity contribution is -0.138. The highest BCUT2D eigenvalue weighted by molar-refractivity contribution is 5.98. The number of aliphatic carboxylic acids is 1. The Labute approximate surface area is 183 Å². The van der Waals surface area contributed by atoms with Crippen molar-refractivity contribution in [3.63, 3.8) is 0 Å². The summed E-state index contributed by atoms with van der Waals surface area (Å²) in [5, 5.41) is 13.9. The molecule has 4 heterocycles. The number of hydrogen-bond donors (Lipinski definition) is 2. The van der Waals surface area contributed by atoms with Gasteiger partial charge in [0.25, 0.3) is 0 Å². The van der Waals surface area contributed by atoms with E-state index >= 15 is 0 Å². The van der Waals surface area contributed by atoms with Crippen LogP contribution in [0.2, 0.25) is 0 Å². The van der Waals surface area contributed by atoms with E-state index in [0.29, 0.717) is 46.6 Å². The van der Waals surface area contributed by atoms with Crippen molar-refractivity contribution < 1.29 is 19.1 Å². The van der Waals surface area contributed by atoms with Gasteiger partial charge < -0.3 is 20.2 Å². The molecule has 1 atom stereocenters. The molecule has 1 aliphatic heterocycles. The van der Waals surface area contributed by atoms with Crippen molar-refractivity contribution in [3.05, 3.63) is 54.5 Å². The van der Waals surface area contributed by atoms with Crippen LogP contribution in [0.25, 0.3) is 33.6 Å². The van der Waals surface area contributed by atoms with Gasteiger partial charge in [-0.2, -0.15) is 5.10 Å².